The second kappa shape index (κ2) is 7.81. The minimum Gasteiger partial charge on any atom is -0.341 e. The van der Waals surface area contributed by atoms with Crippen LogP contribution in [0.4, 0.5) is 0 Å². The third-order valence-corrected chi connectivity index (χ3v) is 7.88. The maximum Gasteiger partial charge on any atom is 0.352 e. The number of pyridine rings is 1. The van der Waals surface area contributed by atoms with E-state index in [-0.39, 0.29) is 18.1 Å². The molecule has 0 aromatic carbocycles. The van der Waals surface area contributed by atoms with Crippen LogP contribution in [-0.2, 0) is 24.2 Å². The highest BCUT2D eigenvalue weighted by molar-refractivity contribution is 7.19. The summed E-state index contributed by atoms with van der Waals surface area (Å²) in [5.74, 6) is 0.485. The number of carbonyl (C=O) groups excluding carboxylic acids is 1. The number of amides is 1. The fourth-order valence-corrected chi connectivity index (χ4v) is 6.29. The van der Waals surface area contributed by atoms with Crippen LogP contribution in [0.5, 0.6) is 0 Å². The quantitative estimate of drug-likeness (QED) is 0.481. The molecule has 4 aromatic heterocycles. The second-order valence-corrected chi connectivity index (χ2v) is 9.70. The normalized spacial score (nSPS) is 16.6. The molecule has 1 saturated heterocycles. The van der Waals surface area contributed by atoms with Crippen molar-refractivity contribution < 1.29 is 4.79 Å². The smallest absolute Gasteiger partial charge is 0.341 e. The standard InChI is InChI=1S/C23H24N6O2S/c30-18(27-11-4-1-5-12-27)14-28-22-19(16-8-2-3-9-17(16)32-22)21-25-20(26-29(21)23(28)31)15-7-6-10-24-13-15/h6-7,10,13H,1-5,8-9,11-12,14H2. The molecule has 0 unspecified atom stereocenters. The molecule has 0 bridgehead atoms. The number of fused-ring (bicyclic) bond motifs is 5. The van der Waals surface area contributed by atoms with Crippen LogP contribution in [0.3, 0.4) is 0 Å². The SMILES string of the molecule is O=C(Cn1c(=O)n2nc(-c3cccnc3)nc2c2c3c(sc21)CCCC3)N1CCCCC1. The highest BCUT2D eigenvalue weighted by Gasteiger charge is 2.26. The zero-order valence-corrected chi connectivity index (χ0v) is 18.6. The molecule has 8 nitrogen and oxygen atoms in total. The average molecular weight is 449 g/mol. The van der Waals surface area contributed by atoms with E-state index in [2.05, 4.69) is 10.1 Å². The molecule has 1 aliphatic carbocycles. The Hall–Kier alpha value is -3.07. The minimum atomic E-state index is -0.306. The van der Waals surface area contributed by atoms with Gasteiger partial charge in [0.25, 0.3) is 0 Å². The van der Waals surface area contributed by atoms with Crippen LogP contribution in [-0.4, -0.2) is 48.0 Å². The molecule has 1 fully saturated rings. The summed E-state index contributed by atoms with van der Waals surface area (Å²) in [6.45, 7) is 1.59. The molecule has 164 valence electrons. The minimum absolute atomic E-state index is 0.00594. The van der Waals surface area contributed by atoms with Crippen molar-refractivity contribution in [2.45, 2.75) is 51.5 Å². The first-order chi connectivity index (χ1) is 15.7. The number of nitrogens with zero attached hydrogens (tertiary/aromatic N) is 6. The number of hydrogen-bond acceptors (Lipinski definition) is 6. The monoisotopic (exact) mass is 448 g/mol. The molecule has 0 spiro atoms. The Labute approximate surface area is 188 Å². The van der Waals surface area contributed by atoms with Crippen LogP contribution in [0.1, 0.15) is 42.5 Å². The maximum atomic E-state index is 13.6. The second-order valence-electron chi connectivity index (χ2n) is 8.61. The van der Waals surface area contributed by atoms with Gasteiger partial charge in [0, 0.05) is 35.9 Å². The highest BCUT2D eigenvalue weighted by Crippen LogP contribution is 2.38. The van der Waals surface area contributed by atoms with E-state index in [1.54, 1.807) is 28.3 Å². The summed E-state index contributed by atoms with van der Waals surface area (Å²) in [7, 11) is 0. The van der Waals surface area contributed by atoms with Crippen LogP contribution < -0.4 is 5.69 Å². The molecule has 5 heterocycles. The topological polar surface area (TPSA) is 85.4 Å². The van der Waals surface area contributed by atoms with Crippen molar-refractivity contribution in [1.29, 1.82) is 0 Å². The van der Waals surface area contributed by atoms with Gasteiger partial charge >= 0.3 is 5.69 Å². The van der Waals surface area contributed by atoms with Crippen molar-refractivity contribution in [3.05, 3.63) is 45.5 Å². The lowest BCUT2D eigenvalue weighted by atomic mass is 9.97. The van der Waals surface area contributed by atoms with Gasteiger partial charge < -0.3 is 4.90 Å². The first kappa shape index (κ1) is 19.6. The van der Waals surface area contributed by atoms with Crippen molar-refractivity contribution in [1.82, 2.24) is 29.0 Å². The first-order valence-corrected chi connectivity index (χ1v) is 12.1. The Morgan fingerprint density at radius 2 is 1.94 bits per heavy atom. The molecule has 0 N–H and O–H groups in total. The summed E-state index contributed by atoms with van der Waals surface area (Å²) in [4.78, 5) is 39.6. The van der Waals surface area contributed by atoms with Crippen molar-refractivity contribution in [2.75, 3.05) is 13.1 Å². The van der Waals surface area contributed by atoms with E-state index >= 15 is 0 Å². The number of piperidine rings is 1. The lowest BCUT2D eigenvalue weighted by molar-refractivity contribution is -0.132. The first-order valence-electron chi connectivity index (χ1n) is 11.3. The van der Waals surface area contributed by atoms with Gasteiger partial charge in [-0.2, -0.15) is 4.52 Å². The summed E-state index contributed by atoms with van der Waals surface area (Å²) in [6.07, 6.45) is 10.9. The summed E-state index contributed by atoms with van der Waals surface area (Å²) >= 11 is 1.65. The third-order valence-electron chi connectivity index (χ3n) is 6.56. The van der Waals surface area contributed by atoms with E-state index in [4.69, 9.17) is 4.98 Å². The van der Waals surface area contributed by atoms with Gasteiger partial charge in [0.2, 0.25) is 5.91 Å². The molecule has 0 atom stereocenters. The van der Waals surface area contributed by atoms with Gasteiger partial charge in [-0.15, -0.1) is 16.4 Å². The highest BCUT2D eigenvalue weighted by atomic mass is 32.1. The summed E-state index contributed by atoms with van der Waals surface area (Å²) in [6, 6.07) is 3.72. The summed E-state index contributed by atoms with van der Waals surface area (Å²) in [5.41, 5.74) is 2.32. The van der Waals surface area contributed by atoms with E-state index < -0.39 is 0 Å². The summed E-state index contributed by atoms with van der Waals surface area (Å²) < 4.78 is 3.01. The van der Waals surface area contributed by atoms with Crippen LogP contribution >= 0.6 is 11.3 Å². The Morgan fingerprint density at radius 1 is 1.09 bits per heavy atom. The van der Waals surface area contributed by atoms with Gasteiger partial charge in [-0.1, -0.05) is 0 Å². The van der Waals surface area contributed by atoms with E-state index in [1.165, 1.54) is 15.0 Å². The fraction of sp³-hybridized carbons (Fsp3) is 0.435. The number of rotatable bonds is 3. The van der Waals surface area contributed by atoms with Crippen molar-refractivity contribution in [3.63, 3.8) is 0 Å². The van der Waals surface area contributed by atoms with Crippen LogP contribution in [0.25, 0.3) is 27.3 Å². The number of hydrogen-bond donors (Lipinski definition) is 0. The van der Waals surface area contributed by atoms with Gasteiger partial charge in [-0.3, -0.25) is 14.3 Å². The number of aryl methyl sites for hydroxylation is 2. The predicted molar refractivity (Wildman–Crippen MR) is 123 cm³/mol. The molecule has 0 radical (unpaired) electrons. The third kappa shape index (κ3) is 3.14. The van der Waals surface area contributed by atoms with Crippen molar-refractivity contribution in [2.24, 2.45) is 0 Å². The molecule has 32 heavy (non-hydrogen) atoms. The Balaban J connectivity index is 1.56. The molecular weight excluding hydrogens is 424 g/mol. The van der Waals surface area contributed by atoms with Crippen molar-refractivity contribution in [3.8, 4) is 11.4 Å². The van der Waals surface area contributed by atoms with Gasteiger partial charge in [-0.05, 0) is 62.6 Å². The van der Waals surface area contributed by atoms with E-state index in [0.717, 1.165) is 73.8 Å². The van der Waals surface area contributed by atoms with Gasteiger partial charge in [0.05, 0.1) is 5.39 Å². The zero-order chi connectivity index (χ0) is 21.7. The number of likely N-dealkylation sites (tertiary alicyclic amines) is 1. The molecule has 6 rings (SSSR count). The van der Waals surface area contributed by atoms with Gasteiger partial charge in [-0.25, -0.2) is 9.78 Å². The Bertz CT molecular complexity index is 1380. The van der Waals surface area contributed by atoms with Gasteiger partial charge in [0.1, 0.15) is 11.4 Å². The number of carbonyl (C=O) groups is 1. The lowest BCUT2D eigenvalue weighted by Crippen LogP contribution is -2.40. The predicted octanol–water partition coefficient (Wildman–Crippen LogP) is 3.06. The van der Waals surface area contributed by atoms with E-state index in [9.17, 15) is 9.59 Å². The Kier molecular flexibility index (Phi) is 4.78. The lowest BCUT2D eigenvalue weighted by Gasteiger charge is -2.27. The molecular formula is C23H24N6O2S. The maximum absolute atomic E-state index is 13.6. The molecule has 4 aromatic rings. The Morgan fingerprint density at radius 3 is 2.75 bits per heavy atom. The van der Waals surface area contributed by atoms with E-state index in [0.29, 0.717) is 11.5 Å². The molecule has 1 amide bonds. The van der Waals surface area contributed by atoms with Crippen LogP contribution in [0, 0.1) is 0 Å². The fourth-order valence-electron chi connectivity index (χ4n) is 4.92. The zero-order valence-electron chi connectivity index (χ0n) is 17.8. The van der Waals surface area contributed by atoms with Crippen LogP contribution in [0.15, 0.2) is 29.3 Å². The average Bonchev–Trinajstić information content (AvgIpc) is 3.45. The summed E-state index contributed by atoms with van der Waals surface area (Å²) in [5, 5.41) is 5.54. The number of thiophene rings is 1. The number of aromatic nitrogens is 5. The molecule has 9 heteroatoms. The van der Waals surface area contributed by atoms with Gasteiger partial charge in [0.15, 0.2) is 11.5 Å². The van der Waals surface area contributed by atoms with Crippen molar-refractivity contribution >= 4 is 33.1 Å². The largest absolute Gasteiger partial charge is 0.352 e. The van der Waals surface area contributed by atoms with Crippen LogP contribution in [0.2, 0.25) is 0 Å². The molecule has 0 saturated carbocycles. The molecule has 1 aliphatic heterocycles. The molecule has 2 aliphatic rings. The van der Waals surface area contributed by atoms with E-state index in [1.807, 2.05) is 17.0 Å².